The van der Waals surface area contributed by atoms with Crippen molar-refractivity contribution >= 4 is 0 Å². The normalized spacial score (nSPS) is 4.40. The van der Waals surface area contributed by atoms with Gasteiger partial charge in [-0.15, -0.1) is 0 Å². The molecule has 0 aromatic heterocycles. The summed E-state index contributed by atoms with van der Waals surface area (Å²) in [5, 5.41) is 0. The van der Waals surface area contributed by atoms with Crippen molar-refractivity contribution in [1.29, 1.82) is 0 Å². The molecule has 5 heteroatoms. The van der Waals surface area contributed by atoms with Crippen LogP contribution >= 0.6 is 0 Å². The zero-order valence-corrected chi connectivity index (χ0v) is 3.06. The van der Waals surface area contributed by atoms with E-state index in [2.05, 4.69) is 0 Å². The van der Waals surface area contributed by atoms with Crippen molar-refractivity contribution < 1.29 is 33.5 Å². The molecule has 0 fully saturated rings. The third-order valence-corrected chi connectivity index (χ3v) is 0. The van der Waals surface area contributed by atoms with E-state index in [0.717, 1.165) is 0 Å². The van der Waals surface area contributed by atoms with Crippen molar-refractivity contribution in [2.75, 3.05) is 0 Å². The van der Waals surface area contributed by atoms with Gasteiger partial charge in [0, 0.05) is 0 Å². The van der Waals surface area contributed by atoms with Crippen LogP contribution in [0.1, 0.15) is 0 Å². The minimum absolute atomic E-state index is 0. The molecule has 0 aliphatic rings. The first-order valence-corrected chi connectivity index (χ1v) is 0.986. The first-order valence-electron chi connectivity index (χ1n) is 0.239. The van der Waals surface area contributed by atoms with E-state index in [-0.39, 0.29) is 11.0 Å². The van der Waals surface area contributed by atoms with Crippen LogP contribution in [0, 0.1) is 0 Å². The summed E-state index contributed by atoms with van der Waals surface area (Å²) >= 11 is -1.38. The van der Waals surface area contributed by atoms with E-state index in [1.165, 1.54) is 0 Å². The van der Waals surface area contributed by atoms with Crippen LogP contribution in [0.4, 0.5) is 7.21 Å². The van der Waals surface area contributed by atoms with E-state index in [9.17, 15) is 7.21 Å². The fourth-order valence-electron chi connectivity index (χ4n) is 0. The van der Waals surface area contributed by atoms with Crippen LogP contribution in [-0.2, 0) is 15.3 Å². The molecule has 0 aliphatic heterocycles. The molecule has 2 nitrogen and oxygen atoms in total. The monoisotopic (exact) mass is 132 g/mol. The van der Waals surface area contributed by atoms with Crippen LogP contribution in [0.25, 0.3) is 0 Å². The molecule has 0 saturated heterocycles. The average molecular weight is 133 g/mol. The molecule has 0 atom stereocenters. The van der Waals surface area contributed by atoms with Gasteiger partial charge in [-0.3, -0.25) is 0 Å². The van der Waals surface area contributed by atoms with Crippen molar-refractivity contribution in [2.45, 2.75) is 0 Å². The predicted octanol–water partition coefficient (Wildman–Crippen LogP) is -0.811. The fourth-order valence-corrected chi connectivity index (χ4v) is 0. The molecule has 0 radical (unpaired) electrons. The molecule has 0 unspecified atom stereocenters. The molecule has 0 heterocycles. The Morgan fingerprint density at radius 2 is 1.00 bits per heavy atom. The maximum atomic E-state index is 9.56. The van der Waals surface area contributed by atoms with E-state index < -0.39 is 15.3 Å². The number of hydrogen-bond acceptors (Lipinski definition) is 0. The maximum absolute atomic E-state index is 9.56. The molecule has 0 aliphatic carbocycles. The third-order valence-electron chi connectivity index (χ3n) is 0. The third kappa shape index (κ3) is 295. The molecule has 0 spiro atoms. The zero-order valence-electron chi connectivity index (χ0n) is 2.07. The fraction of sp³-hybridized carbons (Fsp3) is 0. The Kier molecular flexibility index (Phi) is 105. The van der Waals surface area contributed by atoms with Crippen molar-refractivity contribution in [2.24, 2.45) is 0 Å². The van der Waals surface area contributed by atoms with Crippen LogP contribution in [0.3, 0.4) is 0 Å². The summed E-state index contributed by atoms with van der Waals surface area (Å²) in [5.74, 6) is 0. The quantitative estimate of drug-likeness (QED) is 0.387. The van der Waals surface area contributed by atoms with Gasteiger partial charge in [0.1, 0.15) is 0 Å². The summed E-state index contributed by atoms with van der Waals surface area (Å²) in [6.45, 7) is 0. The van der Waals surface area contributed by atoms with Gasteiger partial charge in [0.05, 0.1) is 0 Å². The van der Waals surface area contributed by atoms with Gasteiger partial charge in [-0.25, -0.2) is 0 Å². The van der Waals surface area contributed by atoms with Crippen LogP contribution in [0.2, 0.25) is 0 Å². The number of halogens is 2. The Morgan fingerprint density at radius 1 is 1.00 bits per heavy atom. The van der Waals surface area contributed by atoms with Crippen molar-refractivity contribution in [1.82, 2.24) is 0 Å². The second kappa shape index (κ2) is 28.2. The van der Waals surface area contributed by atoms with Gasteiger partial charge in [0.15, 0.2) is 0 Å². The Morgan fingerprint density at radius 3 is 1.00 bits per heavy atom. The predicted molar refractivity (Wildman–Crippen MR) is 9.44 cm³/mol. The molecule has 0 aromatic carbocycles. The van der Waals surface area contributed by atoms with Gasteiger partial charge in [-0.05, 0) is 0 Å². The van der Waals surface area contributed by atoms with Crippen LogP contribution in [-0.4, -0.2) is 11.0 Å². The summed E-state index contributed by atoms with van der Waals surface area (Å²) in [5.41, 5.74) is 0. The molecule has 40 valence electrons. The van der Waals surface area contributed by atoms with Crippen molar-refractivity contribution in [3.63, 3.8) is 0 Å². The molecule has 0 saturated carbocycles. The second-order valence-electron chi connectivity index (χ2n) is 0.0452. The molecule has 0 aromatic rings. The Labute approximate surface area is 34.5 Å². The Hall–Kier alpha value is 0.274. The molecule has 0 rings (SSSR count). The van der Waals surface area contributed by atoms with Gasteiger partial charge in [0.2, 0.25) is 0 Å². The second-order valence-corrected chi connectivity index (χ2v) is 0.186. The topological polar surface area (TPSA) is 63.0 Å². The summed E-state index contributed by atoms with van der Waals surface area (Å²) in [7, 11) is 0. The van der Waals surface area contributed by atoms with Crippen LogP contribution in [0.15, 0.2) is 0 Å². The summed E-state index contributed by atoms with van der Waals surface area (Å²) in [4.78, 5) is 0. The summed E-state index contributed by atoms with van der Waals surface area (Å²) < 4.78 is 19.1. The van der Waals surface area contributed by atoms with Crippen molar-refractivity contribution in [3.8, 4) is 0 Å². The van der Waals surface area contributed by atoms with E-state index >= 15 is 0 Å². The van der Waals surface area contributed by atoms with Crippen LogP contribution in [0.5, 0.6) is 0 Å². The van der Waals surface area contributed by atoms with E-state index in [1.807, 2.05) is 0 Å². The average Bonchev–Trinajstić information content (AvgIpc) is 0.918. The van der Waals surface area contributed by atoms with E-state index in [4.69, 9.17) is 0 Å². The zero-order chi connectivity index (χ0) is 2.71. The van der Waals surface area contributed by atoms with Crippen molar-refractivity contribution in [3.05, 3.63) is 0 Å². The molecule has 0 bridgehead atoms. The Balaban J connectivity index is -0.0000000200. The SMILES string of the molecule is O.O.[F][Ni][F]. The Bertz CT molecular complexity index is 7.61. The minimum atomic E-state index is -1.38. The standard InChI is InChI=1S/2FH.Ni.2H2O/h2*1H;;2*1H2/q;;+2;;/p-2. The first kappa shape index (κ1) is 18.6. The van der Waals surface area contributed by atoms with E-state index in [0.29, 0.717) is 0 Å². The van der Waals surface area contributed by atoms with Gasteiger partial charge in [-0.1, -0.05) is 0 Å². The van der Waals surface area contributed by atoms with E-state index in [1.54, 1.807) is 0 Å². The van der Waals surface area contributed by atoms with Crippen LogP contribution < -0.4 is 0 Å². The molecule has 0 amide bonds. The first-order chi connectivity index (χ1) is 1.41. The summed E-state index contributed by atoms with van der Waals surface area (Å²) in [6, 6.07) is 0. The molecule has 4 N–H and O–H groups in total. The van der Waals surface area contributed by atoms with Gasteiger partial charge in [-0.2, -0.15) is 0 Å². The molecule has 5 heavy (non-hydrogen) atoms. The van der Waals surface area contributed by atoms with Gasteiger partial charge < -0.3 is 11.0 Å². The number of hydrogen-bond donors (Lipinski definition) is 0. The molecular weight excluding hydrogens is 129 g/mol. The van der Waals surface area contributed by atoms with Gasteiger partial charge in [0.25, 0.3) is 0 Å². The molecular formula is H4F2NiO2. The number of rotatable bonds is 0. The van der Waals surface area contributed by atoms with Gasteiger partial charge >= 0.3 is 22.5 Å². The summed E-state index contributed by atoms with van der Waals surface area (Å²) in [6.07, 6.45) is 0.